The Morgan fingerprint density at radius 3 is 2.67 bits per heavy atom. The van der Waals surface area contributed by atoms with E-state index in [2.05, 4.69) is 10.3 Å². The molecule has 1 aromatic heterocycles. The summed E-state index contributed by atoms with van der Waals surface area (Å²) in [5, 5.41) is 11.8. The number of aromatic nitrogens is 1. The van der Waals surface area contributed by atoms with Gasteiger partial charge < -0.3 is 15.4 Å². The summed E-state index contributed by atoms with van der Waals surface area (Å²) in [4.78, 5) is 26.3. The lowest BCUT2D eigenvalue weighted by Gasteiger charge is -2.18. The number of amides is 1. The predicted molar refractivity (Wildman–Crippen MR) is 69.6 cm³/mol. The van der Waals surface area contributed by atoms with Crippen LogP contribution in [0.3, 0.4) is 0 Å². The molecule has 1 rings (SSSR count). The number of carbonyl (C=O) groups is 1. The van der Waals surface area contributed by atoms with Gasteiger partial charge in [-0.3, -0.25) is 9.59 Å². The summed E-state index contributed by atoms with van der Waals surface area (Å²) in [5.41, 5.74) is 0.463. The number of pyridine rings is 1. The molecule has 1 heterocycles. The van der Waals surface area contributed by atoms with Crippen LogP contribution >= 0.6 is 0 Å². The highest BCUT2D eigenvalue weighted by molar-refractivity contribution is 5.93. The minimum atomic E-state index is -0.448. The normalized spacial score (nSPS) is 12.5. The number of aliphatic hydroxyl groups excluding tert-OH is 1. The zero-order valence-corrected chi connectivity index (χ0v) is 11.0. The van der Waals surface area contributed by atoms with Crippen molar-refractivity contribution in [1.29, 1.82) is 0 Å². The standard InChI is InChI=1S/C13H20N2O3/c1-8(2)4-10(7-16)15-13(18)11-6-14-9(3)5-12(11)17/h5-6,8,10,16H,4,7H2,1-3H3,(H,14,17)(H,15,18). The van der Waals surface area contributed by atoms with E-state index in [9.17, 15) is 14.7 Å². The third-order valence-electron chi connectivity index (χ3n) is 2.61. The summed E-state index contributed by atoms with van der Waals surface area (Å²) in [5.74, 6) is -0.0882. The average Bonchev–Trinajstić information content (AvgIpc) is 2.27. The molecule has 0 aliphatic carbocycles. The van der Waals surface area contributed by atoms with Crippen LogP contribution in [0.5, 0.6) is 0 Å². The topological polar surface area (TPSA) is 82.2 Å². The van der Waals surface area contributed by atoms with Gasteiger partial charge in [0.1, 0.15) is 5.56 Å². The highest BCUT2D eigenvalue weighted by Crippen LogP contribution is 2.04. The first kappa shape index (κ1) is 14.4. The first-order valence-electron chi connectivity index (χ1n) is 6.05. The average molecular weight is 252 g/mol. The Labute approximate surface area is 106 Å². The van der Waals surface area contributed by atoms with Crippen LogP contribution in [0.25, 0.3) is 0 Å². The minimum Gasteiger partial charge on any atom is -0.394 e. The van der Waals surface area contributed by atoms with Crippen molar-refractivity contribution in [1.82, 2.24) is 10.3 Å². The summed E-state index contributed by atoms with van der Waals surface area (Å²) in [6, 6.07) is 1.06. The molecule has 0 saturated heterocycles. The van der Waals surface area contributed by atoms with Gasteiger partial charge in [-0.05, 0) is 19.3 Å². The van der Waals surface area contributed by atoms with Gasteiger partial charge in [0.25, 0.3) is 5.91 Å². The van der Waals surface area contributed by atoms with Crippen molar-refractivity contribution in [3.05, 3.63) is 33.7 Å². The van der Waals surface area contributed by atoms with Crippen LogP contribution in [0.2, 0.25) is 0 Å². The quantitative estimate of drug-likeness (QED) is 0.725. The molecule has 5 nitrogen and oxygen atoms in total. The summed E-state index contributed by atoms with van der Waals surface area (Å²) in [6.45, 7) is 5.63. The van der Waals surface area contributed by atoms with Gasteiger partial charge in [-0.2, -0.15) is 0 Å². The van der Waals surface area contributed by atoms with Crippen molar-refractivity contribution < 1.29 is 9.90 Å². The summed E-state index contributed by atoms with van der Waals surface area (Å²) in [6.07, 6.45) is 2.07. The second-order valence-corrected chi connectivity index (χ2v) is 4.88. The molecule has 1 amide bonds. The number of aromatic amines is 1. The molecular formula is C13H20N2O3. The number of H-pyrrole nitrogens is 1. The lowest BCUT2D eigenvalue weighted by atomic mass is 10.0. The SMILES string of the molecule is Cc1cc(=O)c(C(=O)NC(CO)CC(C)C)c[nH]1. The molecule has 0 aliphatic rings. The number of aliphatic hydroxyl groups is 1. The van der Waals surface area contributed by atoms with Crippen molar-refractivity contribution in [2.45, 2.75) is 33.2 Å². The van der Waals surface area contributed by atoms with E-state index in [0.29, 0.717) is 18.0 Å². The Morgan fingerprint density at radius 2 is 2.17 bits per heavy atom. The first-order chi connectivity index (χ1) is 8.43. The Morgan fingerprint density at radius 1 is 1.50 bits per heavy atom. The molecule has 1 atom stereocenters. The molecule has 0 radical (unpaired) electrons. The van der Waals surface area contributed by atoms with Crippen molar-refractivity contribution in [3.8, 4) is 0 Å². The van der Waals surface area contributed by atoms with E-state index in [1.807, 2.05) is 13.8 Å². The van der Waals surface area contributed by atoms with Crippen LogP contribution in [-0.2, 0) is 0 Å². The van der Waals surface area contributed by atoms with Gasteiger partial charge >= 0.3 is 0 Å². The Bertz CT molecular complexity index is 466. The Balaban J connectivity index is 2.78. The highest BCUT2D eigenvalue weighted by atomic mass is 16.3. The van der Waals surface area contributed by atoms with Crippen molar-refractivity contribution in [2.75, 3.05) is 6.61 Å². The zero-order chi connectivity index (χ0) is 13.7. The van der Waals surface area contributed by atoms with Gasteiger partial charge in [0.05, 0.1) is 12.6 Å². The highest BCUT2D eigenvalue weighted by Gasteiger charge is 2.16. The largest absolute Gasteiger partial charge is 0.394 e. The first-order valence-corrected chi connectivity index (χ1v) is 6.05. The fourth-order valence-electron chi connectivity index (χ4n) is 1.76. The predicted octanol–water partition coefficient (Wildman–Crippen LogP) is 0.820. The van der Waals surface area contributed by atoms with Crippen molar-refractivity contribution in [3.63, 3.8) is 0 Å². The van der Waals surface area contributed by atoms with E-state index in [-0.39, 0.29) is 23.6 Å². The van der Waals surface area contributed by atoms with Gasteiger partial charge in [-0.15, -0.1) is 0 Å². The molecule has 0 aromatic carbocycles. The molecule has 0 fully saturated rings. The molecule has 1 aromatic rings. The summed E-state index contributed by atoms with van der Waals surface area (Å²) < 4.78 is 0. The minimum absolute atomic E-state index is 0.0720. The summed E-state index contributed by atoms with van der Waals surface area (Å²) >= 11 is 0. The molecule has 0 saturated carbocycles. The molecule has 0 aliphatic heterocycles. The molecular weight excluding hydrogens is 232 g/mol. The van der Waals surface area contributed by atoms with Gasteiger partial charge in [0.2, 0.25) is 0 Å². The Hall–Kier alpha value is -1.62. The monoisotopic (exact) mass is 252 g/mol. The van der Waals surface area contributed by atoms with Gasteiger partial charge in [0, 0.05) is 18.0 Å². The number of aryl methyl sites for hydroxylation is 1. The van der Waals surface area contributed by atoms with Crippen LogP contribution in [-0.4, -0.2) is 28.6 Å². The Kier molecular flexibility index (Phi) is 5.09. The van der Waals surface area contributed by atoms with Crippen LogP contribution < -0.4 is 10.7 Å². The maximum absolute atomic E-state index is 11.9. The number of hydrogen-bond acceptors (Lipinski definition) is 3. The van der Waals surface area contributed by atoms with E-state index in [4.69, 9.17) is 0 Å². The maximum atomic E-state index is 11.9. The van der Waals surface area contributed by atoms with E-state index in [1.165, 1.54) is 12.3 Å². The lowest BCUT2D eigenvalue weighted by molar-refractivity contribution is 0.0907. The molecule has 0 bridgehead atoms. The zero-order valence-electron chi connectivity index (χ0n) is 11.0. The molecule has 1 unspecified atom stereocenters. The van der Waals surface area contributed by atoms with Crippen LogP contribution in [0.4, 0.5) is 0 Å². The van der Waals surface area contributed by atoms with E-state index < -0.39 is 5.91 Å². The third kappa shape index (κ3) is 4.00. The van der Waals surface area contributed by atoms with E-state index >= 15 is 0 Å². The van der Waals surface area contributed by atoms with E-state index in [0.717, 1.165) is 0 Å². The van der Waals surface area contributed by atoms with Gasteiger partial charge in [0.15, 0.2) is 5.43 Å². The number of rotatable bonds is 5. The summed E-state index contributed by atoms with van der Waals surface area (Å²) in [7, 11) is 0. The fraction of sp³-hybridized carbons (Fsp3) is 0.538. The molecule has 5 heteroatoms. The molecule has 0 spiro atoms. The van der Waals surface area contributed by atoms with Crippen LogP contribution in [0, 0.1) is 12.8 Å². The number of nitrogens with one attached hydrogen (secondary N) is 2. The van der Waals surface area contributed by atoms with Crippen LogP contribution in [0.15, 0.2) is 17.1 Å². The molecule has 18 heavy (non-hydrogen) atoms. The van der Waals surface area contributed by atoms with Gasteiger partial charge in [-0.25, -0.2) is 0 Å². The smallest absolute Gasteiger partial charge is 0.257 e. The van der Waals surface area contributed by atoms with Crippen LogP contribution in [0.1, 0.15) is 36.3 Å². The number of carbonyl (C=O) groups excluding carboxylic acids is 1. The number of hydrogen-bond donors (Lipinski definition) is 3. The maximum Gasteiger partial charge on any atom is 0.257 e. The van der Waals surface area contributed by atoms with Gasteiger partial charge in [-0.1, -0.05) is 13.8 Å². The second-order valence-electron chi connectivity index (χ2n) is 4.88. The lowest BCUT2D eigenvalue weighted by Crippen LogP contribution is -2.40. The fourth-order valence-corrected chi connectivity index (χ4v) is 1.76. The van der Waals surface area contributed by atoms with Crippen molar-refractivity contribution in [2.24, 2.45) is 5.92 Å². The van der Waals surface area contributed by atoms with Crippen molar-refractivity contribution >= 4 is 5.91 Å². The molecule has 100 valence electrons. The third-order valence-corrected chi connectivity index (χ3v) is 2.61. The molecule has 3 N–H and O–H groups in total. The second kappa shape index (κ2) is 6.35. The van der Waals surface area contributed by atoms with E-state index in [1.54, 1.807) is 6.92 Å².